The summed E-state index contributed by atoms with van der Waals surface area (Å²) >= 11 is 11.7. The summed E-state index contributed by atoms with van der Waals surface area (Å²) in [5.74, 6) is 0. The molecule has 0 saturated heterocycles. The Morgan fingerprint density at radius 3 is 2.78 bits per heavy atom. The molecule has 0 spiro atoms. The van der Waals surface area contributed by atoms with Gasteiger partial charge in [0.15, 0.2) is 5.17 Å². The number of pyridine rings is 1. The molecule has 23 heavy (non-hydrogen) atoms. The van der Waals surface area contributed by atoms with E-state index in [2.05, 4.69) is 37.9 Å². The summed E-state index contributed by atoms with van der Waals surface area (Å²) < 4.78 is 0. The van der Waals surface area contributed by atoms with Crippen LogP contribution in [0.1, 0.15) is 11.1 Å². The maximum Gasteiger partial charge on any atom is 0.160 e. The van der Waals surface area contributed by atoms with Crippen LogP contribution in [0, 0.1) is 0 Å². The first-order chi connectivity index (χ1) is 11.3. The molecule has 1 aromatic carbocycles. The Hall–Kier alpha value is -1.04. The fourth-order valence-corrected chi connectivity index (χ4v) is 4.13. The molecule has 0 amide bonds. The Kier molecular flexibility index (Phi) is 5.97. The predicted molar refractivity (Wildman–Crippen MR) is 102 cm³/mol. The minimum Gasteiger partial charge on any atom is -0.343 e. The minimum atomic E-state index is 0.507. The quantitative estimate of drug-likeness (QED) is 0.674. The number of thioether (sulfide) groups is 1. The molecule has 1 aliphatic rings. The van der Waals surface area contributed by atoms with Crippen molar-refractivity contribution in [3.05, 3.63) is 64.9 Å². The summed E-state index contributed by atoms with van der Waals surface area (Å²) in [5, 5.41) is 3.34. The smallest absolute Gasteiger partial charge is 0.160 e. The normalized spacial score (nSPS) is 17.1. The van der Waals surface area contributed by atoms with Crippen molar-refractivity contribution in [1.82, 2.24) is 9.88 Å². The van der Waals surface area contributed by atoms with Crippen molar-refractivity contribution >= 4 is 44.5 Å². The molecule has 0 N–H and O–H groups in total. The van der Waals surface area contributed by atoms with Crippen LogP contribution in [0.2, 0.25) is 5.02 Å². The number of benzene rings is 1. The standard InChI is InChI=1S/C17H17BrClN3S/c18-8-15-10-21-17(23-15)22(11-13-4-3-7-20-9-13)12-14-5-1-2-6-16(14)19/h1-7,9,15H,8,10-12H2/t15-/m0/s1. The van der Waals surface area contributed by atoms with E-state index in [0.29, 0.717) is 5.25 Å². The number of aromatic nitrogens is 1. The fourth-order valence-electron chi connectivity index (χ4n) is 2.39. The van der Waals surface area contributed by atoms with Crippen LogP contribution in [-0.2, 0) is 13.1 Å². The van der Waals surface area contributed by atoms with Gasteiger partial charge in [-0.15, -0.1) is 0 Å². The van der Waals surface area contributed by atoms with E-state index in [0.717, 1.165) is 40.7 Å². The molecular formula is C17H17BrClN3S. The van der Waals surface area contributed by atoms with Crippen molar-refractivity contribution < 1.29 is 0 Å². The summed E-state index contributed by atoms with van der Waals surface area (Å²) in [6.07, 6.45) is 3.70. The third-order valence-corrected chi connectivity index (χ3v) is 6.39. The molecule has 0 aliphatic carbocycles. The molecule has 3 rings (SSSR count). The molecule has 1 aliphatic heterocycles. The average molecular weight is 411 g/mol. The lowest BCUT2D eigenvalue weighted by atomic mass is 10.2. The van der Waals surface area contributed by atoms with Gasteiger partial charge in [0.05, 0.1) is 6.54 Å². The predicted octanol–water partition coefficient (Wildman–Crippen LogP) is 4.60. The van der Waals surface area contributed by atoms with Crippen LogP contribution in [-0.4, -0.2) is 32.2 Å². The van der Waals surface area contributed by atoms with Gasteiger partial charge in [-0.25, -0.2) is 0 Å². The van der Waals surface area contributed by atoms with Crippen molar-refractivity contribution in [3.63, 3.8) is 0 Å². The monoisotopic (exact) mass is 409 g/mol. The van der Waals surface area contributed by atoms with E-state index in [1.54, 1.807) is 6.20 Å². The Balaban J connectivity index is 1.80. The topological polar surface area (TPSA) is 28.5 Å². The van der Waals surface area contributed by atoms with Crippen LogP contribution in [0.25, 0.3) is 0 Å². The maximum absolute atomic E-state index is 6.34. The lowest BCUT2D eigenvalue weighted by Crippen LogP contribution is -2.27. The molecule has 0 bridgehead atoms. The highest BCUT2D eigenvalue weighted by molar-refractivity contribution is 9.09. The Morgan fingerprint density at radius 2 is 2.09 bits per heavy atom. The Labute approximate surface area is 154 Å². The SMILES string of the molecule is Clc1ccccc1CN(Cc1cccnc1)C1=NC[C@H](CBr)S1. The molecule has 1 atom stereocenters. The molecule has 1 aromatic heterocycles. The van der Waals surface area contributed by atoms with Crippen LogP contribution in [0.4, 0.5) is 0 Å². The second-order valence-electron chi connectivity index (χ2n) is 5.33. The summed E-state index contributed by atoms with van der Waals surface area (Å²) in [6.45, 7) is 2.38. The third kappa shape index (κ3) is 4.49. The van der Waals surface area contributed by atoms with Crippen molar-refractivity contribution in [1.29, 1.82) is 0 Å². The van der Waals surface area contributed by atoms with E-state index in [9.17, 15) is 0 Å². The molecule has 0 fully saturated rings. The molecule has 6 heteroatoms. The highest BCUT2D eigenvalue weighted by Gasteiger charge is 2.24. The lowest BCUT2D eigenvalue weighted by molar-refractivity contribution is 0.414. The van der Waals surface area contributed by atoms with Crippen LogP contribution >= 0.6 is 39.3 Å². The van der Waals surface area contributed by atoms with E-state index in [1.807, 2.05) is 42.2 Å². The number of nitrogens with zero attached hydrogens (tertiary/aromatic N) is 3. The minimum absolute atomic E-state index is 0.507. The van der Waals surface area contributed by atoms with E-state index in [4.69, 9.17) is 16.6 Å². The number of aliphatic imine (C=N–C) groups is 1. The second kappa shape index (κ2) is 8.18. The Bertz CT molecular complexity index is 681. The zero-order valence-electron chi connectivity index (χ0n) is 12.5. The van der Waals surface area contributed by atoms with Crippen LogP contribution in [0.15, 0.2) is 53.8 Å². The molecule has 120 valence electrons. The van der Waals surface area contributed by atoms with Crippen molar-refractivity contribution in [2.45, 2.75) is 18.3 Å². The molecule has 0 unspecified atom stereocenters. The number of alkyl halides is 1. The van der Waals surface area contributed by atoms with E-state index in [-0.39, 0.29) is 0 Å². The third-order valence-electron chi connectivity index (χ3n) is 3.56. The van der Waals surface area contributed by atoms with E-state index in [1.165, 1.54) is 5.56 Å². The molecule has 0 radical (unpaired) electrons. The molecule has 2 aromatic rings. The van der Waals surface area contributed by atoms with Crippen molar-refractivity contribution in [3.8, 4) is 0 Å². The molecule has 0 saturated carbocycles. The Morgan fingerprint density at radius 1 is 1.22 bits per heavy atom. The number of halogens is 2. The van der Waals surface area contributed by atoms with Gasteiger partial charge in [-0.1, -0.05) is 63.6 Å². The van der Waals surface area contributed by atoms with Crippen molar-refractivity contribution in [2.75, 3.05) is 11.9 Å². The molecular weight excluding hydrogens is 394 g/mol. The second-order valence-corrected chi connectivity index (χ2v) is 7.65. The molecule has 2 heterocycles. The zero-order chi connectivity index (χ0) is 16.1. The fraction of sp³-hybridized carbons (Fsp3) is 0.294. The van der Waals surface area contributed by atoms with Gasteiger partial charge in [0, 0.05) is 41.1 Å². The van der Waals surface area contributed by atoms with Gasteiger partial charge in [0.2, 0.25) is 0 Å². The number of hydrogen-bond acceptors (Lipinski definition) is 4. The van der Waals surface area contributed by atoms with Gasteiger partial charge in [-0.05, 0) is 23.3 Å². The summed E-state index contributed by atoms with van der Waals surface area (Å²) in [6, 6.07) is 12.0. The van der Waals surface area contributed by atoms with Crippen LogP contribution < -0.4 is 0 Å². The summed E-state index contributed by atoms with van der Waals surface area (Å²) in [7, 11) is 0. The number of rotatable bonds is 5. The van der Waals surface area contributed by atoms with Gasteiger partial charge < -0.3 is 4.90 Å². The van der Waals surface area contributed by atoms with Crippen LogP contribution in [0.3, 0.4) is 0 Å². The lowest BCUT2D eigenvalue weighted by Gasteiger charge is -2.25. The first kappa shape index (κ1) is 16.8. The summed E-state index contributed by atoms with van der Waals surface area (Å²) in [5.41, 5.74) is 2.29. The van der Waals surface area contributed by atoms with Crippen LogP contribution in [0.5, 0.6) is 0 Å². The number of hydrogen-bond donors (Lipinski definition) is 0. The summed E-state index contributed by atoms with van der Waals surface area (Å²) in [4.78, 5) is 11.2. The highest BCUT2D eigenvalue weighted by Crippen LogP contribution is 2.28. The number of amidine groups is 1. The average Bonchev–Trinajstić information content (AvgIpc) is 3.06. The first-order valence-electron chi connectivity index (χ1n) is 7.40. The van der Waals surface area contributed by atoms with Gasteiger partial charge in [0.1, 0.15) is 0 Å². The van der Waals surface area contributed by atoms with E-state index < -0.39 is 0 Å². The van der Waals surface area contributed by atoms with Gasteiger partial charge in [-0.3, -0.25) is 9.98 Å². The van der Waals surface area contributed by atoms with Crippen molar-refractivity contribution in [2.24, 2.45) is 4.99 Å². The van der Waals surface area contributed by atoms with Gasteiger partial charge in [0.25, 0.3) is 0 Å². The largest absolute Gasteiger partial charge is 0.343 e. The zero-order valence-corrected chi connectivity index (χ0v) is 15.7. The first-order valence-corrected chi connectivity index (χ1v) is 9.78. The van der Waals surface area contributed by atoms with E-state index >= 15 is 0 Å². The molecule has 3 nitrogen and oxygen atoms in total. The highest BCUT2D eigenvalue weighted by atomic mass is 79.9. The van der Waals surface area contributed by atoms with Gasteiger partial charge in [-0.2, -0.15) is 0 Å². The maximum atomic E-state index is 6.34. The van der Waals surface area contributed by atoms with Gasteiger partial charge >= 0.3 is 0 Å².